The number of piperazine rings is 1. The number of piperidine rings is 1. The lowest BCUT2D eigenvalue weighted by molar-refractivity contribution is -0.139. The molecule has 2 atom stereocenters. The van der Waals surface area contributed by atoms with Crippen LogP contribution >= 0.6 is 0 Å². The summed E-state index contributed by atoms with van der Waals surface area (Å²) in [4.78, 5) is 46.4. The number of benzene rings is 2. The first kappa shape index (κ1) is 31.5. The third-order valence-electron chi connectivity index (χ3n) is 9.53. The minimum Gasteiger partial charge on any atom is -0.480 e. The lowest BCUT2D eigenvalue weighted by Gasteiger charge is -2.42. The van der Waals surface area contributed by atoms with Gasteiger partial charge < -0.3 is 25.5 Å². The number of fused-ring (bicyclic) bond motifs is 2. The Morgan fingerprint density at radius 1 is 0.826 bits per heavy atom. The SMILES string of the molecule is Cc1cc(C[C@H](NC(=O)N[C@H](Cc2cc(C)c3[nH]ncc3c2)C(=O)N2CCN(C3CCN(C)CC3)CC2)C(=O)O)cc2cn[nH]c12. The summed E-state index contributed by atoms with van der Waals surface area (Å²) >= 11 is 0. The number of aromatic amines is 2. The van der Waals surface area contributed by atoms with Crippen LogP contribution in [0.1, 0.15) is 35.1 Å². The number of carboxylic acid groups (broad SMARTS) is 1. The fourth-order valence-corrected chi connectivity index (χ4v) is 6.98. The van der Waals surface area contributed by atoms with Crippen LogP contribution in [0.5, 0.6) is 0 Å². The molecule has 2 fully saturated rings. The summed E-state index contributed by atoms with van der Waals surface area (Å²) in [5.74, 6) is -1.33. The highest BCUT2D eigenvalue weighted by molar-refractivity contribution is 5.90. The van der Waals surface area contributed by atoms with Crippen molar-refractivity contribution < 1.29 is 19.5 Å². The molecule has 13 nitrogen and oxygen atoms in total. The van der Waals surface area contributed by atoms with Crippen molar-refractivity contribution >= 4 is 39.7 Å². The van der Waals surface area contributed by atoms with E-state index in [1.807, 2.05) is 43.0 Å². The lowest BCUT2D eigenvalue weighted by Crippen LogP contribution is -2.59. The highest BCUT2D eigenvalue weighted by atomic mass is 16.4. The van der Waals surface area contributed by atoms with Crippen LogP contribution in [0.3, 0.4) is 0 Å². The average molecular weight is 630 g/mol. The van der Waals surface area contributed by atoms with E-state index in [0.29, 0.717) is 19.1 Å². The number of carbonyl (C=O) groups excluding carboxylic acids is 2. The molecule has 5 N–H and O–H groups in total. The summed E-state index contributed by atoms with van der Waals surface area (Å²) in [6.45, 7) is 8.81. The second-order valence-corrected chi connectivity index (χ2v) is 12.9. The zero-order valence-electron chi connectivity index (χ0n) is 26.7. The number of H-pyrrole nitrogens is 2. The number of aryl methyl sites for hydroxylation is 2. The third kappa shape index (κ3) is 7.00. The monoisotopic (exact) mass is 629 g/mol. The van der Waals surface area contributed by atoms with Crippen molar-refractivity contribution in [3.8, 4) is 0 Å². The van der Waals surface area contributed by atoms with Gasteiger partial charge in [-0.15, -0.1) is 0 Å². The Morgan fingerprint density at radius 2 is 1.35 bits per heavy atom. The number of hydrogen-bond acceptors (Lipinski definition) is 7. The molecule has 0 aliphatic carbocycles. The molecule has 46 heavy (non-hydrogen) atoms. The molecule has 2 aromatic heterocycles. The van der Waals surface area contributed by atoms with Crippen molar-refractivity contribution in [1.29, 1.82) is 0 Å². The van der Waals surface area contributed by atoms with Gasteiger partial charge in [0.2, 0.25) is 5.91 Å². The van der Waals surface area contributed by atoms with Gasteiger partial charge in [0.1, 0.15) is 12.1 Å². The Labute approximate surface area is 267 Å². The fraction of sp³-hybridized carbons (Fsp3) is 0.485. The molecule has 0 radical (unpaired) electrons. The second kappa shape index (κ2) is 13.5. The van der Waals surface area contributed by atoms with Gasteiger partial charge in [0.05, 0.1) is 23.4 Å². The normalized spacial score (nSPS) is 18.1. The Kier molecular flexibility index (Phi) is 9.22. The maximum atomic E-state index is 14.0. The van der Waals surface area contributed by atoms with Crippen LogP contribution in [0.2, 0.25) is 0 Å². The summed E-state index contributed by atoms with van der Waals surface area (Å²) < 4.78 is 0. The lowest BCUT2D eigenvalue weighted by atomic mass is 9.99. The standard InChI is InChI=1S/C33H43N9O4/c1-20-12-22(14-24-18-34-38-29(20)24)16-27(31(43)42-10-8-41(9-11-42)26-4-6-40(3)7-5-26)36-33(46)37-28(32(44)45)17-23-13-21(2)30-25(15-23)19-35-39-30/h12-15,18-19,26-28H,4-11,16-17H2,1-3H3,(H,34,38)(H,35,39)(H,44,45)(H2,36,37,46)/t27-,28+/m1/s1. The number of nitrogens with one attached hydrogen (secondary N) is 4. The summed E-state index contributed by atoms with van der Waals surface area (Å²) in [6.07, 6.45) is 6.03. The van der Waals surface area contributed by atoms with E-state index < -0.39 is 24.1 Å². The number of carboxylic acids is 1. The van der Waals surface area contributed by atoms with Crippen LogP contribution in [-0.2, 0) is 22.4 Å². The van der Waals surface area contributed by atoms with Crippen LogP contribution in [-0.4, -0.2) is 123 Å². The number of rotatable bonds is 9. The topological polar surface area (TPSA) is 163 Å². The zero-order valence-corrected chi connectivity index (χ0v) is 26.7. The molecule has 4 heterocycles. The van der Waals surface area contributed by atoms with Crippen LogP contribution in [0.15, 0.2) is 36.7 Å². The molecule has 0 bridgehead atoms. The van der Waals surface area contributed by atoms with Gasteiger partial charge in [0, 0.05) is 55.8 Å². The summed E-state index contributed by atoms with van der Waals surface area (Å²) in [6, 6.07) is 5.49. The largest absolute Gasteiger partial charge is 0.480 e. The molecule has 2 aliphatic heterocycles. The van der Waals surface area contributed by atoms with Gasteiger partial charge in [0.25, 0.3) is 0 Å². The Hall–Kier alpha value is -4.49. The van der Waals surface area contributed by atoms with Crippen molar-refractivity contribution in [3.63, 3.8) is 0 Å². The van der Waals surface area contributed by atoms with E-state index in [1.165, 1.54) is 0 Å². The zero-order chi connectivity index (χ0) is 32.4. The first-order valence-electron chi connectivity index (χ1n) is 16.0. The smallest absolute Gasteiger partial charge is 0.326 e. The quantitative estimate of drug-likeness (QED) is 0.188. The number of urea groups is 1. The predicted molar refractivity (Wildman–Crippen MR) is 175 cm³/mol. The van der Waals surface area contributed by atoms with E-state index in [2.05, 4.69) is 47.9 Å². The molecular weight excluding hydrogens is 586 g/mol. The predicted octanol–water partition coefficient (Wildman–Crippen LogP) is 2.20. The first-order chi connectivity index (χ1) is 22.1. The van der Waals surface area contributed by atoms with Gasteiger partial charge in [0.15, 0.2) is 0 Å². The summed E-state index contributed by atoms with van der Waals surface area (Å²) in [5.41, 5.74) is 5.38. The fourth-order valence-electron chi connectivity index (χ4n) is 6.98. The highest BCUT2D eigenvalue weighted by Gasteiger charge is 2.33. The van der Waals surface area contributed by atoms with E-state index in [1.54, 1.807) is 12.4 Å². The Bertz CT molecular complexity index is 1720. The van der Waals surface area contributed by atoms with E-state index >= 15 is 0 Å². The average Bonchev–Trinajstić information content (AvgIpc) is 3.71. The Morgan fingerprint density at radius 3 is 1.89 bits per heavy atom. The second-order valence-electron chi connectivity index (χ2n) is 12.9. The number of amides is 3. The first-order valence-corrected chi connectivity index (χ1v) is 16.0. The van der Waals surface area contributed by atoms with E-state index in [0.717, 1.165) is 83.1 Å². The van der Waals surface area contributed by atoms with Crippen LogP contribution < -0.4 is 10.6 Å². The van der Waals surface area contributed by atoms with Crippen molar-refractivity contribution in [2.24, 2.45) is 0 Å². The van der Waals surface area contributed by atoms with Crippen molar-refractivity contribution in [2.75, 3.05) is 46.3 Å². The van der Waals surface area contributed by atoms with Gasteiger partial charge in [-0.1, -0.05) is 12.1 Å². The number of nitrogens with zero attached hydrogens (tertiary/aromatic N) is 5. The highest BCUT2D eigenvalue weighted by Crippen LogP contribution is 2.22. The van der Waals surface area contributed by atoms with Gasteiger partial charge in [-0.25, -0.2) is 9.59 Å². The van der Waals surface area contributed by atoms with Crippen LogP contribution in [0, 0.1) is 13.8 Å². The molecule has 244 valence electrons. The molecule has 4 aromatic rings. The Balaban J connectivity index is 1.16. The van der Waals surface area contributed by atoms with Crippen LogP contribution in [0.25, 0.3) is 21.8 Å². The number of aromatic nitrogens is 4. The number of likely N-dealkylation sites (tertiary alicyclic amines) is 1. The van der Waals surface area contributed by atoms with E-state index in [-0.39, 0.29) is 18.7 Å². The van der Waals surface area contributed by atoms with Gasteiger partial charge in [-0.05, 0) is 81.2 Å². The van der Waals surface area contributed by atoms with Crippen molar-refractivity contribution in [1.82, 2.24) is 45.7 Å². The van der Waals surface area contributed by atoms with Gasteiger partial charge >= 0.3 is 12.0 Å². The van der Waals surface area contributed by atoms with Crippen molar-refractivity contribution in [3.05, 3.63) is 58.9 Å². The summed E-state index contributed by atoms with van der Waals surface area (Å²) in [5, 5.41) is 31.4. The molecular formula is C33H43N9O4. The number of aliphatic carboxylic acids is 1. The minimum atomic E-state index is -1.19. The van der Waals surface area contributed by atoms with Crippen LogP contribution in [0.4, 0.5) is 4.79 Å². The minimum absolute atomic E-state index is 0.0819. The maximum absolute atomic E-state index is 14.0. The van der Waals surface area contributed by atoms with Crippen molar-refractivity contribution in [2.45, 2.75) is 57.7 Å². The number of carbonyl (C=O) groups is 3. The molecule has 6 rings (SSSR count). The maximum Gasteiger partial charge on any atom is 0.326 e. The molecule has 2 aromatic carbocycles. The number of hydrogen-bond donors (Lipinski definition) is 5. The molecule has 0 saturated carbocycles. The molecule has 0 spiro atoms. The summed E-state index contributed by atoms with van der Waals surface area (Å²) in [7, 11) is 2.15. The molecule has 2 aliphatic rings. The molecule has 3 amide bonds. The van der Waals surface area contributed by atoms with Gasteiger partial charge in [-0.3, -0.25) is 19.9 Å². The third-order valence-corrected chi connectivity index (χ3v) is 9.53. The molecule has 13 heteroatoms. The molecule has 0 unspecified atom stereocenters. The molecule has 2 saturated heterocycles. The van der Waals surface area contributed by atoms with E-state index in [4.69, 9.17) is 0 Å². The van der Waals surface area contributed by atoms with Gasteiger partial charge in [-0.2, -0.15) is 10.2 Å². The van der Waals surface area contributed by atoms with E-state index in [9.17, 15) is 19.5 Å².